The second-order valence-electron chi connectivity index (χ2n) is 33.7. The summed E-state index contributed by atoms with van der Waals surface area (Å²) in [6.45, 7) is 16.7. The minimum absolute atomic E-state index is 0.164. The van der Waals surface area contributed by atoms with Gasteiger partial charge in [0.25, 0.3) is 0 Å². The fraction of sp³-hybridized carbons (Fsp3) is 0.261. The van der Waals surface area contributed by atoms with Crippen LogP contribution in [-0.4, -0.2) is 152 Å². The SMILES string of the molecule is C=CC(=O)OCCCCCCOc1ccc(-c2cc(/C=N/Nc3nc4ccccc4s3)c(-c3ccc(OCCCCCCOC(=O)C=C)cc3)cc2/C=N/Nc2nc3ccccc3s2)cc1.C=COCCCCc1cc(/C=N/Nc2nc3ccccc3s2)c(OC(=O)c2ccc(OC(=O)c3ccc4cc(OCCCOCC5CCC6OC6C5)ccc4c3)c(C)c2)c(/C=N/N(CCO)c2nc3ccccc3s2)c1. The van der Waals surface area contributed by atoms with Gasteiger partial charge in [0.05, 0.1) is 148 Å². The van der Waals surface area contributed by atoms with Gasteiger partial charge in [-0.05, 0) is 286 Å². The van der Waals surface area contributed by atoms with Crippen LogP contribution < -0.4 is 45.0 Å². The number of rotatable bonds is 51. The van der Waals surface area contributed by atoms with Crippen LogP contribution in [0, 0.1) is 12.8 Å². The maximum atomic E-state index is 14.3. The molecule has 5 heterocycles. The fourth-order valence-electron chi connectivity index (χ4n) is 16.1. The predicted octanol–water partition coefficient (Wildman–Crippen LogP) is 24.4. The molecule has 4 aromatic heterocycles. The average Bonchev–Trinajstić information content (AvgIpc) is 1.24. The predicted molar refractivity (Wildman–Crippen MR) is 569 cm³/mol. The van der Waals surface area contributed by atoms with Gasteiger partial charge in [0.15, 0.2) is 0 Å². The monoisotopic (exact) mass is 1980 g/mol. The van der Waals surface area contributed by atoms with Crippen LogP contribution >= 0.6 is 45.3 Å². The van der Waals surface area contributed by atoms with Gasteiger partial charge in [-0.2, -0.15) is 20.4 Å². The molecule has 27 nitrogen and oxygen atoms in total. The zero-order valence-electron chi connectivity index (χ0n) is 78.8. The number of hydrogen-bond acceptors (Lipinski definition) is 31. The van der Waals surface area contributed by atoms with E-state index >= 15 is 0 Å². The molecule has 11 aromatic carbocycles. The minimum atomic E-state index is -0.662. The molecule has 4 N–H and O–H groups in total. The van der Waals surface area contributed by atoms with Crippen molar-refractivity contribution in [2.75, 3.05) is 87.3 Å². The smallest absolute Gasteiger partial charge is 0.343 e. The van der Waals surface area contributed by atoms with Crippen molar-refractivity contribution in [3.8, 4) is 51.0 Å². The molecule has 1 aliphatic carbocycles. The van der Waals surface area contributed by atoms with Gasteiger partial charge in [0.2, 0.25) is 20.5 Å². The Morgan fingerprint density at radius 1 is 0.465 bits per heavy atom. The third-order valence-corrected chi connectivity index (χ3v) is 27.3. The number of esters is 4. The number of thiazole rings is 4. The van der Waals surface area contributed by atoms with E-state index in [-0.39, 0.29) is 36.4 Å². The second kappa shape index (κ2) is 51.5. The maximum absolute atomic E-state index is 14.3. The van der Waals surface area contributed by atoms with Gasteiger partial charge in [-0.3, -0.25) is 16.3 Å². The van der Waals surface area contributed by atoms with Crippen molar-refractivity contribution in [1.29, 1.82) is 0 Å². The van der Waals surface area contributed by atoms with E-state index in [4.69, 9.17) is 77.6 Å². The van der Waals surface area contributed by atoms with E-state index in [0.29, 0.717) is 119 Å². The Kier molecular flexibility index (Phi) is 36.3. The highest BCUT2D eigenvalue weighted by Gasteiger charge is 2.44. The molecular weight excluding hydrogens is 1870 g/mol. The van der Waals surface area contributed by atoms with E-state index in [2.05, 4.69) is 82.5 Å². The number of nitrogens with zero attached hydrogens (tertiary/aromatic N) is 9. The summed E-state index contributed by atoms with van der Waals surface area (Å²) in [5.41, 5.74) is 21.5. The van der Waals surface area contributed by atoms with Gasteiger partial charge in [0.1, 0.15) is 28.7 Å². The maximum Gasteiger partial charge on any atom is 0.343 e. The number of hydrazone groups is 4. The van der Waals surface area contributed by atoms with Gasteiger partial charge < -0.3 is 52.5 Å². The average molecular weight is 1980 g/mol. The number of hydrogen-bond donors (Lipinski definition) is 4. The molecule has 1 saturated heterocycles. The van der Waals surface area contributed by atoms with Gasteiger partial charge in [0, 0.05) is 54.0 Å². The van der Waals surface area contributed by atoms with E-state index in [1.54, 1.807) is 77.4 Å². The number of ether oxygens (including phenoxy) is 10. The number of aliphatic hydroxyl groups is 1. The van der Waals surface area contributed by atoms with Crippen LogP contribution in [0.2, 0.25) is 0 Å². The van der Waals surface area contributed by atoms with Crippen molar-refractivity contribution in [2.24, 2.45) is 26.3 Å². The van der Waals surface area contributed by atoms with E-state index in [0.717, 1.165) is 198 Å². The Morgan fingerprint density at radius 2 is 0.944 bits per heavy atom. The molecule has 0 bridgehead atoms. The fourth-order valence-corrected chi connectivity index (χ4v) is 19.5. The first-order chi connectivity index (χ1) is 69.7. The number of carbonyl (C=O) groups is 4. The summed E-state index contributed by atoms with van der Waals surface area (Å²) in [4.78, 5) is 69.3. The zero-order valence-corrected chi connectivity index (χ0v) is 82.0. The number of epoxide rings is 1. The van der Waals surface area contributed by atoms with Crippen LogP contribution in [0.15, 0.2) is 283 Å². The Bertz CT molecular complexity index is 6680. The molecule has 17 rings (SSSR count). The number of carbonyl (C=O) groups excluding carboxylic acids is 4. The molecule has 3 atom stereocenters. The summed E-state index contributed by atoms with van der Waals surface area (Å²) < 4.78 is 61.7. The van der Waals surface area contributed by atoms with Crippen molar-refractivity contribution in [3.63, 3.8) is 0 Å². The lowest BCUT2D eigenvalue weighted by Crippen LogP contribution is -2.21. The number of aliphatic hydroxyl groups excluding tert-OH is 1. The van der Waals surface area contributed by atoms with E-state index in [9.17, 15) is 24.3 Å². The first-order valence-corrected chi connectivity index (χ1v) is 50.8. The van der Waals surface area contributed by atoms with E-state index < -0.39 is 11.9 Å². The van der Waals surface area contributed by atoms with Gasteiger partial charge in [-0.1, -0.05) is 150 Å². The summed E-state index contributed by atoms with van der Waals surface area (Å²) in [5.74, 6) is 1.40. The molecule has 1 saturated carbocycles. The Labute approximate surface area is 839 Å². The van der Waals surface area contributed by atoms with Crippen LogP contribution in [0.5, 0.6) is 28.7 Å². The normalized spacial score (nSPS) is 13.8. The summed E-state index contributed by atoms with van der Waals surface area (Å²) in [5, 5.41) is 34.9. The van der Waals surface area contributed by atoms with Crippen LogP contribution in [0.25, 0.3) is 73.9 Å². The lowest BCUT2D eigenvalue weighted by atomic mass is 9.90. The summed E-state index contributed by atoms with van der Waals surface area (Å²) in [6, 6.07) is 71.8. The number of unbranched alkanes of at least 4 members (excludes halogenated alkanes) is 7. The van der Waals surface area contributed by atoms with E-state index in [1.807, 2.05) is 170 Å². The number of benzene rings is 11. The van der Waals surface area contributed by atoms with Crippen molar-refractivity contribution in [3.05, 3.63) is 307 Å². The minimum Gasteiger partial charge on any atom is -0.502 e. The molecule has 0 radical (unpaired) electrons. The highest BCUT2D eigenvalue weighted by atomic mass is 32.1. The van der Waals surface area contributed by atoms with E-state index in [1.165, 1.54) is 47.5 Å². The zero-order chi connectivity index (χ0) is 98.0. The quantitative estimate of drug-likeness (QED) is 0.00402. The molecule has 15 aromatic rings. The van der Waals surface area contributed by atoms with Crippen LogP contribution in [0.3, 0.4) is 0 Å². The molecule has 2 fully saturated rings. The number of para-hydroxylation sites is 4. The Morgan fingerprint density at radius 3 is 1.48 bits per heavy atom. The first-order valence-electron chi connectivity index (χ1n) is 47.5. The van der Waals surface area contributed by atoms with Crippen molar-refractivity contribution < 1.29 is 71.7 Å². The molecular formula is C111H110N12O15S4. The molecule has 3 unspecified atom stereocenters. The topological polar surface area (TPSA) is 324 Å². The number of anilines is 4. The molecule has 728 valence electrons. The number of nitrogens with one attached hydrogen (secondary N) is 3. The van der Waals surface area contributed by atoms with Crippen LogP contribution in [0.4, 0.5) is 20.5 Å². The lowest BCUT2D eigenvalue weighted by molar-refractivity contribution is -0.138. The third kappa shape index (κ3) is 28.8. The van der Waals surface area contributed by atoms with Crippen molar-refractivity contribution in [2.45, 2.75) is 115 Å². The third-order valence-electron chi connectivity index (χ3n) is 23.4. The second-order valence-corrected chi connectivity index (χ2v) is 37.8. The summed E-state index contributed by atoms with van der Waals surface area (Å²) >= 11 is 6.00. The largest absolute Gasteiger partial charge is 0.502 e. The Hall–Kier alpha value is -14.7. The standard InChI is InChI=1S/C59H58N6O9S2.C52H52N6O6S2/c1-3-69-26-9-8-11-39-30-45(35-60-64-58-62-48-12-4-6-14-53(48)75-58)55(46(31-39)36-61-65(24-25-66)59-63-49-13-5-7-15-54(49)76-59)74-57(68)43-20-23-50(38(2)29-43)73-56(67)44-18-17-42-34-47(21-19-41(42)33-44)71-28-10-27-70-37-40-16-22-51-52(32-40)72-51;1-3-49(59)63-31-15-7-5-13-29-61-41-25-21-37(22-26-41)43-33-40(36-54-58-52-56-46-18-10-12-20-48(46)66-52)44(34-39(43)35-53-57-51-55-45-17-9-11-19-47(45)65-51)38-23-27-42(28-24-38)62-30-14-6-8-16-32-64-50(60)4-2/h3-7,12-15,17-21,23,29-31,33-36,40,51-52,66H,1,8-11,16,22,24-28,32,37H2,2H3,(H,62,64);3-4,9-12,17-28,33-36H,1-2,5-8,13-16,29-32H2,(H,55,57)(H,56,58)/b60-35+,61-36+;53-35+,54-36+. The molecule has 0 spiro atoms. The number of aromatic nitrogens is 4. The molecule has 0 amide bonds. The van der Waals surface area contributed by atoms with Gasteiger partial charge >= 0.3 is 23.9 Å². The van der Waals surface area contributed by atoms with Gasteiger partial charge in [-0.25, -0.2) is 44.1 Å². The summed E-state index contributed by atoms with van der Waals surface area (Å²) in [7, 11) is 0. The Balaban J connectivity index is 0.000000206. The lowest BCUT2D eigenvalue weighted by Gasteiger charge is -2.18. The summed E-state index contributed by atoms with van der Waals surface area (Å²) in [6.07, 6.45) is 25.3. The number of fused-ring (bicyclic) bond motifs is 6. The van der Waals surface area contributed by atoms with Gasteiger partial charge in [-0.15, -0.1) is 0 Å². The highest BCUT2D eigenvalue weighted by molar-refractivity contribution is 7.23. The van der Waals surface area contributed by atoms with Crippen LogP contribution in [-0.2, 0) is 39.7 Å². The highest BCUT2D eigenvalue weighted by Crippen LogP contribution is 2.41. The molecule has 142 heavy (non-hydrogen) atoms. The van der Waals surface area contributed by atoms with Crippen molar-refractivity contribution in [1.82, 2.24) is 19.9 Å². The molecule has 1 aliphatic heterocycles. The molecule has 2 aliphatic rings. The first kappa shape index (κ1) is 100. The van der Waals surface area contributed by atoms with Crippen LogP contribution in [0.1, 0.15) is 144 Å². The molecule has 31 heteroatoms. The number of aryl methyl sites for hydroxylation is 2. The van der Waals surface area contributed by atoms with Crippen molar-refractivity contribution >= 4 is 166 Å².